The van der Waals surface area contributed by atoms with Crippen LogP contribution >= 0.6 is 0 Å². The first-order valence-electron chi connectivity index (χ1n) is 8.62. The number of hydrogen-bond donors (Lipinski definition) is 1. The number of ether oxygens (including phenoxy) is 2. The molecule has 136 valence electrons. The smallest absolute Gasteiger partial charge is 0.229 e. The van der Waals surface area contributed by atoms with Crippen LogP contribution in [0.15, 0.2) is 24.4 Å². The topological polar surface area (TPSA) is 77.3 Å². The van der Waals surface area contributed by atoms with Crippen molar-refractivity contribution >= 4 is 28.5 Å². The molecule has 2 aromatic heterocycles. The van der Waals surface area contributed by atoms with Crippen LogP contribution in [0.4, 0.5) is 17.5 Å². The van der Waals surface area contributed by atoms with Crippen LogP contribution in [0, 0.1) is 0 Å². The molecule has 8 heteroatoms. The van der Waals surface area contributed by atoms with E-state index in [1.54, 1.807) is 25.1 Å². The molecular weight excluding hydrogens is 332 g/mol. The quantitative estimate of drug-likeness (QED) is 0.755. The highest BCUT2D eigenvalue weighted by molar-refractivity contribution is 5.89. The summed E-state index contributed by atoms with van der Waals surface area (Å²) in [4.78, 5) is 11.7. The van der Waals surface area contributed by atoms with Gasteiger partial charge in [0, 0.05) is 44.0 Å². The highest BCUT2D eigenvalue weighted by atomic mass is 16.5. The van der Waals surface area contributed by atoms with Gasteiger partial charge in [-0.05, 0) is 12.8 Å². The summed E-state index contributed by atoms with van der Waals surface area (Å²) in [5.41, 5.74) is 1.64. The lowest BCUT2D eigenvalue weighted by Gasteiger charge is -2.17. The Morgan fingerprint density at radius 1 is 1.00 bits per heavy atom. The lowest BCUT2D eigenvalue weighted by Crippen LogP contribution is -2.21. The first-order valence-corrected chi connectivity index (χ1v) is 8.62. The average Bonchev–Trinajstić information content (AvgIpc) is 3.32. The number of aryl methyl sites for hydroxylation is 1. The molecule has 0 spiro atoms. The van der Waals surface area contributed by atoms with Gasteiger partial charge in [-0.2, -0.15) is 15.1 Å². The van der Waals surface area contributed by atoms with E-state index < -0.39 is 0 Å². The monoisotopic (exact) mass is 354 g/mol. The molecule has 0 radical (unpaired) electrons. The third kappa shape index (κ3) is 2.98. The molecule has 0 aliphatic carbocycles. The van der Waals surface area contributed by atoms with Gasteiger partial charge in [-0.25, -0.2) is 0 Å². The van der Waals surface area contributed by atoms with Crippen LogP contribution in [0.25, 0.3) is 11.0 Å². The molecule has 0 atom stereocenters. The SMILES string of the molecule is COc1cc(Nc2nc(N3CCCC3)nc3c2cnn3C)cc(OC)c1. The van der Waals surface area contributed by atoms with Crippen molar-refractivity contribution in [2.75, 3.05) is 37.5 Å². The molecule has 8 nitrogen and oxygen atoms in total. The molecule has 1 N–H and O–H groups in total. The molecule has 4 rings (SSSR count). The van der Waals surface area contributed by atoms with Gasteiger partial charge >= 0.3 is 0 Å². The number of methoxy groups -OCH3 is 2. The van der Waals surface area contributed by atoms with Crippen molar-refractivity contribution in [1.82, 2.24) is 19.7 Å². The standard InChI is InChI=1S/C18H22N6O2/c1-23-17-15(11-19-23)16(21-18(22-17)24-6-4-5-7-24)20-12-8-13(25-2)10-14(9-12)26-3/h8-11H,4-7H2,1-3H3,(H,20,21,22). The molecule has 1 aliphatic rings. The Kier molecular flexibility index (Phi) is 4.24. The molecule has 3 aromatic rings. The van der Waals surface area contributed by atoms with E-state index >= 15 is 0 Å². The number of fused-ring (bicyclic) bond motifs is 1. The Morgan fingerprint density at radius 3 is 2.35 bits per heavy atom. The second-order valence-electron chi connectivity index (χ2n) is 6.30. The van der Waals surface area contributed by atoms with Gasteiger partial charge in [0.05, 0.1) is 25.8 Å². The van der Waals surface area contributed by atoms with E-state index in [4.69, 9.17) is 19.4 Å². The molecule has 1 aromatic carbocycles. The Morgan fingerprint density at radius 2 is 1.69 bits per heavy atom. The van der Waals surface area contributed by atoms with Gasteiger partial charge in [-0.3, -0.25) is 4.68 Å². The minimum Gasteiger partial charge on any atom is -0.497 e. The van der Waals surface area contributed by atoms with Crippen LogP contribution in [0.2, 0.25) is 0 Å². The molecule has 0 bridgehead atoms. The summed E-state index contributed by atoms with van der Waals surface area (Å²) in [6.07, 6.45) is 4.12. The van der Waals surface area contributed by atoms with E-state index in [2.05, 4.69) is 15.3 Å². The van der Waals surface area contributed by atoms with Crippen LogP contribution in [-0.4, -0.2) is 47.1 Å². The fourth-order valence-electron chi connectivity index (χ4n) is 3.18. The minimum atomic E-state index is 0.711. The largest absolute Gasteiger partial charge is 0.497 e. The third-order valence-electron chi connectivity index (χ3n) is 4.58. The molecule has 0 saturated carbocycles. The summed E-state index contributed by atoms with van der Waals surface area (Å²) in [5.74, 6) is 2.88. The number of rotatable bonds is 5. The van der Waals surface area contributed by atoms with Crippen LogP contribution in [0.3, 0.4) is 0 Å². The summed E-state index contributed by atoms with van der Waals surface area (Å²) in [7, 11) is 5.16. The molecule has 1 aliphatic heterocycles. The number of anilines is 3. The Balaban J connectivity index is 1.78. The van der Waals surface area contributed by atoms with E-state index in [9.17, 15) is 0 Å². The zero-order chi connectivity index (χ0) is 18.1. The predicted molar refractivity (Wildman–Crippen MR) is 101 cm³/mol. The average molecular weight is 354 g/mol. The van der Waals surface area contributed by atoms with E-state index in [1.807, 2.05) is 25.2 Å². The number of benzene rings is 1. The zero-order valence-corrected chi connectivity index (χ0v) is 15.2. The van der Waals surface area contributed by atoms with Crippen molar-refractivity contribution in [3.63, 3.8) is 0 Å². The molecule has 1 fully saturated rings. The maximum absolute atomic E-state index is 5.35. The molecule has 0 amide bonds. The Labute approximate surface area is 151 Å². The van der Waals surface area contributed by atoms with E-state index in [1.165, 1.54) is 12.8 Å². The van der Waals surface area contributed by atoms with E-state index in [0.717, 1.165) is 41.6 Å². The lowest BCUT2D eigenvalue weighted by atomic mass is 10.2. The van der Waals surface area contributed by atoms with Gasteiger partial charge in [0.15, 0.2) is 5.65 Å². The van der Waals surface area contributed by atoms with Crippen LogP contribution in [0.1, 0.15) is 12.8 Å². The van der Waals surface area contributed by atoms with Gasteiger partial charge in [0.1, 0.15) is 17.3 Å². The summed E-state index contributed by atoms with van der Waals surface area (Å²) in [6.45, 7) is 1.96. The van der Waals surface area contributed by atoms with E-state index in [0.29, 0.717) is 11.5 Å². The fraction of sp³-hybridized carbons (Fsp3) is 0.389. The summed E-state index contributed by atoms with van der Waals surface area (Å²) in [5, 5.41) is 8.59. The van der Waals surface area contributed by atoms with Crippen molar-refractivity contribution < 1.29 is 9.47 Å². The van der Waals surface area contributed by atoms with Crippen molar-refractivity contribution in [3.8, 4) is 11.5 Å². The molecule has 1 saturated heterocycles. The predicted octanol–water partition coefficient (Wildman–Crippen LogP) is 2.72. The van der Waals surface area contributed by atoms with Gasteiger partial charge in [0.2, 0.25) is 5.95 Å². The van der Waals surface area contributed by atoms with Crippen molar-refractivity contribution in [1.29, 1.82) is 0 Å². The van der Waals surface area contributed by atoms with Gasteiger partial charge < -0.3 is 19.7 Å². The second-order valence-corrected chi connectivity index (χ2v) is 6.30. The first-order chi connectivity index (χ1) is 12.7. The highest BCUT2D eigenvalue weighted by Crippen LogP contribution is 2.31. The first kappa shape index (κ1) is 16.4. The molecular formula is C18H22N6O2. The second kappa shape index (κ2) is 6.70. The molecule has 3 heterocycles. The number of nitrogens with one attached hydrogen (secondary N) is 1. The number of nitrogens with zero attached hydrogens (tertiary/aromatic N) is 5. The van der Waals surface area contributed by atoms with Gasteiger partial charge in [-0.1, -0.05) is 0 Å². The highest BCUT2D eigenvalue weighted by Gasteiger charge is 2.19. The van der Waals surface area contributed by atoms with Crippen LogP contribution in [0.5, 0.6) is 11.5 Å². The van der Waals surface area contributed by atoms with Crippen LogP contribution < -0.4 is 19.7 Å². The van der Waals surface area contributed by atoms with Crippen molar-refractivity contribution in [2.24, 2.45) is 7.05 Å². The Bertz CT molecular complexity index is 911. The van der Waals surface area contributed by atoms with E-state index in [-0.39, 0.29) is 0 Å². The summed E-state index contributed by atoms with van der Waals surface area (Å²) < 4.78 is 12.5. The zero-order valence-electron chi connectivity index (χ0n) is 15.2. The summed E-state index contributed by atoms with van der Waals surface area (Å²) >= 11 is 0. The molecule has 26 heavy (non-hydrogen) atoms. The fourth-order valence-corrected chi connectivity index (χ4v) is 3.18. The maximum Gasteiger partial charge on any atom is 0.229 e. The van der Waals surface area contributed by atoms with Crippen molar-refractivity contribution in [3.05, 3.63) is 24.4 Å². The van der Waals surface area contributed by atoms with Crippen LogP contribution in [-0.2, 0) is 7.05 Å². The summed E-state index contributed by atoms with van der Waals surface area (Å²) in [6, 6.07) is 5.64. The lowest BCUT2D eigenvalue weighted by molar-refractivity contribution is 0.395. The molecule has 0 unspecified atom stereocenters. The number of hydrogen-bond acceptors (Lipinski definition) is 7. The minimum absolute atomic E-state index is 0.711. The van der Waals surface area contributed by atoms with Gasteiger partial charge in [-0.15, -0.1) is 0 Å². The normalized spacial score (nSPS) is 14.0. The Hall–Kier alpha value is -3.03. The third-order valence-corrected chi connectivity index (χ3v) is 4.58. The maximum atomic E-state index is 5.35. The number of aromatic nitrogens is 4. The van der Waals surface area contributed by atoms with Gasteiger partial charge in [0.25, 0.3) is 0 Å². The van der Waals surface area contributed by atoms with Crippen molar-refractivity contribution in [2.45, 2.75) is 12.8 Å².